The van der Waals surface area contributed by atoms with Crippen LogP contribution in [-0.2, 0) is 0 Å². The van der Waals surface area contributed by atoms with Gasteiger partial charge in [0, 0.05) is 40.6 Å². The molecule has 5 nitrogen and oxygen atoms in total. The van der Waals surface area contributed by atoms with Crippen LogP contribution in [0, 0.1) is 17.0 Å². The van der Waals surface area contributed by atoms with Crippen molar-refractivity contribution >= 4 is 28.8 Å². The third-order valence-corrected chi connectivity index (χ3v) is 5.46. The molecule has 0 bridgehead atoms. The van der Waals surface area contributed by atoms with E-state index in [-0.39, 0.29) is 10.6 Å². The Morgan fingerprint density at radius 3 is 3.05 bits per heavy atom. The minimum absolute atomic E-state index is 0.147. The first kappa shape index (κ1) is 14.5. The Hall–Kier alpha value is -1.44. The molecule has 0 saturated carbocycles. The van der Waals surface area contributed by atoms with Gasteiger partial charge in [0.05, 0.1) is 16.7 Å². The van der Waals surface area contributed by atoms with Crippen LogP contribution in [0.2, 0.25) is 0 Å². The molecule has 3 rings (SSSR count). The number of nitrogens with zero attached hydrogens (tertiary/aromatic N) is 2. The number of rotatable bonds is 3. The van der Waals surface area contributed by atoms with E-state index in [2.05, 4.69) is 10.3 Å². The quantitative estimate of drug-likeness (QED) is 0.693. The third kappa shape index (κ3) is 3.09. The molecule has 1 aliphatic rings. The molecule has 7 heteroatoms. The second kappa shape index (κ2) is 6.13. The minimum atomic E-state index is -0.342. The van der Waals surface area contributed by atoms with Crippen LogP contribution in [0.1, 0.15) is 16.6 Å². The maximum absolute atomic E-state index is 11.0. The van der Waals surface area contributed by atoms with E-state index in [1.54, 1.807) is 30.4 Å². The van der Waals surface area contributed by atoms with Gasteiger partial charge in [-0.2, -0.15) is 11.8 Å². The zero-order chi connectivity index (χ0) is 14.8. The van der Waals surface area contributed by atoms with E-state index >= 15 is 0 Å². The molecule has 1 saturated heterocycles. The number of aryl methyl sites for hydroxylation is 1. The first-order valence-electron chi connectivity index (χ1n) is 6.67. The summed E-state index contributed by atoms with van der Waals surface area (Å²) in [5.74, 6) is 2.17. The number of hydrogen-bond acceptors (Lipinski definition) is 6. The molecule has 1 unspecified atom stereocenters. The van der Waals surface area contributed by atoms with Crippen molar-refractivity contribution in [3.8, 4) is 11.3 Å². The Kier molecular flexibility index (Phi) is 4.23. The summed E-state index contributed by atoms with van der Waals surface area (Å²) in [6.07, 6.45) is 0. The Morgan fingerprint density at radius 1 is 1.48 bits per heavy atom. The lowest BCUT2D eigenvalue weighted by Gasteiger charge is -2.20. The van der Waals surface area contributed by atoms with E-state index in [1.165, 1.54) is 0 Å². The van der Waals surface area contributed by atoms with Gasteiger partial charge >= 0.3 is 0 Å². The largest absolute Gasteiger partial charge is 0.306 e. The monoisotopic (exact) mass is 321 g/mol. The van der Waals surface area contributed by atoms with Crippen molar-refractivity contribution in [2.24, 2.45) is 0 Å². The molecule has 0 amide bonds. The van der Waals surface area contributed by atoms with E-state index in [0.717, 1.165) is 34.3 Å². The number of nitrogens with one attached hydrogen (secondary N) is 1. The summed E-state index contributed by atoms with van der Waals surface area (Å²) in [6.45, 7) is 2.75. The van der Waals surface area contributed by atoms with Gasteiger partial charge in [0.15, 0.2) is 0 Å². The van der Waals surface area contributed by atoms with E-state index < -0.39 is 0 Å². The van der Waals surface area contributed by atoms with Crippen LogP contribution < -0.4 is 5.32 Å². The average Bonchev–Trinajstić information content (AvgIpc) is 2.98. The SMILES string of the molecule is Cc1ccc(-c2csc(C3CSCCN3)n2)cc1[N+](=O)[O-]. The third-order valence-electron chi connectivity index (χ3n) is 3.44. The first-order valence-corrected chi connectivity index (χ1v) is 8.70. The first-order chi connectivity index (χ1) is 10.1. The lowest BCUT2D eigenvalue weighted by Crippen LogP contribution is -2.30. The van der Waals surface area contributed by atoms with Crippen LogP contribution in [0.4, 0.5) is 5.69 Å². The molecule has 1 aliphatic heterocycles. The minimum Gasteiger partial charge on any atom is -0.306 e. The van der Waals surface area contributed by atoms with Gasteiger partial charge < -0.3 is 5.32 Å². The maximum Gasteiger partial charge on any atom is 0.272 e. The van der Waals surface area contributed by atoms with Gasteiger partial charge in [-0.1, -0.05) is 12.1 Å². The van der Waals surface area contributed by atoms with Gasteiger partial charge in [-0.25, -0.2) is 4.98 Å². The highest BCUT2D eigenvalue weighted by molar-refractivity contribution is 7.99. The van der Waals surface area contributed by atoms with Gasteiger partial charge in [-0.3, -0.25) is 10.1 Å². The molecule has 0 radical (unpaired) electrons. The summed E-state index contributed by atoms with van der Waals surface area (Å²) < 4.78 is 0. The number of nitro benzene ring substituents is 1. The lowest BCUT2D eigenvalue weighted by atomic mass is 10.1. The predicted octanol–water partition coefficient (Wildman–Crippen LogP) is 3.40. The van der Waals surface area contributed by atoms with Crippen LogP contribution in [-0.4, -0.2) is 28.0 Å². The Balaban J connectivity index is 1.89. The van der Waals surface area contributed by atoms with Crippen molar-refractivity contribution in [2.45, 2.75) is 13.0 Å². The van der Waals surface area contributed by atoms with Crippen LogP contribution >= 0.6 is 23.1 Å². The molecular weight excluding hydrogens is 306 g/mol. The van der Waals surface area contributed by atoms with Gasteiger partial charge in [-0.15, -0.1) is 11.3 Å². The van der Waals surface area contributed by atoms with Crippen molar-refractivity contribution in [2.75, 3.05) is 18.1 Å². The molecule has 2 heterocycles. The normalized spacial score (nSPS) is 18.6. The Labute approximate surface area is 130 Å². The maximum atomic E-state index is 11.0. The van der Waals surface area contributed by atoms with Crippen molar-refractivity contribution in [3.63, 3.8) is 0 Å². The Bertz CT molecular complexity index is 666. The van der Waals surface area contributed by atoms with Gasteiger partial charge in [0.25, 0.3) is 5.69 Å². The number of nitro groups is 1. The highest BCUT2D eigenvalue weighted by Gasteiger charge is 2.19. The highest BCUT2D eigenvalue weighted by atomic mass is 32.2. The molecule has 21 heavy (non-hydrogen) atoms. The molecule has 2 aromatic rings. The number of hydrogen-bond donors (Lipinski definition) is 1. The van der Waals surface area contributed by atoms with Crippen molar-refractivity contribution in [1.29, 1.82) is 0 Å². The van der Waals surface area contributed by atoms with Crippen LogP contribution in [0.15, 0.2) is 23.6 Å². The summed E-state index contributed by atoms with van der Waals surface area (Å²) >= 11 is 3.54. The fourth-order valence-corrected chi connectivity index (χ4v) is 4.22. The fourth-order valence-electron chi connectivity index (χ4n) is 2.27. The standard InChI is InChI=1S/C14H15N3O2S2/c1-9-2-3-10(6-13(9)17(18)19)11-8-21-14(16-11)12-7-20-5-4-15-12/h2-3,6,8,12,15H,4-5,7H2,1H3. The van der Waals surface area contributed by atoms with Crippen LogP contribution in [0.25, 0.3) is 11.3 Å². The number of aromatic nitrogens is 1. The molecule has 1 atom stereocenters. The molecule has 1 N–H and O–H groups in total. The number of benzene rings is 1. The van der Waals surface area contributed by atoms with Crippen LogP contribution in [0.5, 0.6) is 0 Å². The zero-order valence-corrected chi connectivity index (χ0v) is 13.2. The summed E-state index contributed by atoms with van der Waals surface area (Å²) in [4.78, 5) is 15.3. The molecule has 1 aromatic carbocycles. The van der Waals surface area contributed by atoms with Gasteiger partial charge in [0.2, 0.25) is 0 Å². The van der Waals surface area contributed by atoms with Crippen molar-refractivity contribution in [1.82, 2.24) is 10.3 Å². The van der Waals surface area contributed by atoms with E-state index in [9.17, 15) is 10.1 Å². The summed E-state index contributed by atoms with van der Waals surface area (Å²) in [5.41, 5.74) is 2.44. The summed E-state index contributed by atoms with van der Waals surface area (Å²) in [5, 5.41) is 17.5. The fraction of sp³-hybridized carbons (Fsp3) is 0.357. The number of thioether (sulfide) groups is 1. The van der Waals surface area contributed by atoms with Crippen molar-refractivity contribution in [3.05, 3.63) is 44.3 Å². The highest BCUT2D eigenvalue weighted by Crippen LogP contribution is 2.31. The predicted molar refractivity (Wildman–Crippen MR) is 87.0 cm³/mol. The van der Waals surface area contributed by atoms with Gasteiger partial charge in [-0.05, 0) is 6.92 Å². The zero-order valence-electron chi connectivity index (χ0n) is 11.5. The molecule has 1 aromatic heterocycles. The second-order valence-corrected chi connectivity index (χ2v) is 6.95. The topological polar surface area (TPSA) is 68.1 Å². The Morgan fingerprint density at radius 2 is 2.33 bits per heavy atom. The smallest absolute Gasteiger partial charge is 0.272 e. The second-order valence-electron chi connectivity index (χ2n) is 4.91. The van der Waals surface area contributed by atoms with Crippen LogP contribution in [0.3, 0.4) is 0 Å². The molecule has 110 valence electrons. The lowest BCUT2D eigenvalue weighted by molar-refractivity contribution is -0.385. The van der Waals surface area contributed by atoms with E-state index in [1.807, 2.05) is 23.2 Å². The van der Waals surface area contributed by atoms with E-state index in [4.69, 9.17) is 0 Å². The van der Waals surface area contributed by atoms with E-state index in [0.29, 0.717) is 11.6 Å². The summed E-state index contributed by atoms with van der Waals surface area (Å²) in [6, 6.07) is 5.57. The molecule has 0 spiro atoms. The average molecular weight is 321 g/mol. The van der Waals surface area contributed by atoms with Gasteiger partial charge in [0.1, 0.15) is 5.01 Å². The summed E-state index contributed by atoms with van der Waals surface area (Å²) in [7, 11) is 0. The molecule has 1 fully saturated rings. The van der Waals surface area contributed by atoms with Crippen molar-refractivity contribution < 1.29 is 4.92 Å². The molecule has 0 aliphatic carbocycles. The molecular formula is C14H15N3O2S2. The number of thiazole rings is 1.